The first-order chi connectivity index (χ1) is 13.0. The second-order valence-electron chi connectivity index (χ2n) is 5.93. The third kappa shape index (κ3) is 8.63. The van der Waals surface area contributed by atoms with E-state index < -0.39 is 16.1 Å². The maximum absolute atomic E-state index is 11.7. The number of halogens is 1. The van der Waals surface area contributed by atoms with E-state index in [1.165, 1.54) is 0 Å². The molecule has 0 aliphatic rings. The molecule has 0 radical (unpaired) electrons. The summed E-state index contributed by atoms with van der Waals surface area (Å²) < 4.78 is 26.0. The molecule has 0 saturated carbocycles. The number of nitrogens with one attached hydrogen (secondary N) is 2. The van der Waals surface area contributed by atoms with E-state index in [1.807, 2.05) is 97.1 Å². The average molecular weight is 504 g/mol. The Hall–Kier alpha value is -1.56. The van der Waals surface area contributed by atoms with E-state index in [9.17, 15) is 8.42 Å². The van der Waals surface area contributed by atoms with E-state index in [2.05, 4.69) is 9.56 Å². The zero-order valence-corrected chi connectivity index (χ0v) is 18.7. The smallest absolute Gasteiger partial charge is 0.209 e. The third-order valence-electron chi connectivity index (χ3n) is 3.78. The molecule has 4 nitrogen and oxygen atoms in total. The summed E-state index contributed by atoms with van der Waals surface area (Å²) in [5, 5.41) is 0. The third-order valence-corrected chi connectivity index (χ3v) is 4.69. The van der Waals surface area contributed by atoms with Crippen molar-refractivity contribution >= 4 is 21.8 Å². The average Bonchev–Trinajstić information content (AvgIpc) is 2.70. The van der Waals surface area contributed by atoms with Crippen molar-refractivity contribution in [3.8, 4) is 0 Å². The Balaban J connectivity index is 0.000000478. The molecule has 3 aromatic rings. The van der Waals surface area contributed by atoms with E-state index in [0.29, 0.717) is 0 Å². The molecule has 3 aromatic carbocycles. The molecule has 0 aliphatic heterocycles. The molecule has 0 aliphatic carbocycles. The van der Waals surface area contributed by atoms with Crippen LogP contribution in [0.4, 0.5) is 0 Å². The molecule has 0 aromatic heterocycles. The summed E-state index contributed by atoms with van der Waals surface area (Å²) in [5.41, 5.74) is 1.74. The number of sulfonamides is 1. The van der Waals surface area contributed by atoms with Crippen molar-refractivity contribution < 1.29 is 27.9 Å². The Labute approximate surface area is 185 Å². The van der Waals surface area contributed by atoms with Gasteiger partial charge in [-0.2, -0.15) is 0 Å². The van der Waals surface area contributed by atoms with Gasteiger partial charge in [-0.25, -0.2) is 18.0 Å². The van der Waals surface area contributed by atoms with Crippen LogP contribution in [0.25, 0.3) is 0 Å². The van der Waals surface area contributed by atoms with Crippen molar-refractivity contribution in [3.63, 3.8) is 0 Å². The maximum Gasteiger partial charge on any atom is 0.209 e. The van der Waals surface area contributed by atoms with Gasteiger partial charge in [-0.05, 0) is 22.9 Å². The topological polar surface area (TPSA) is 58.2 Å². The van der Waals surface area contributed by atoms with Gasteiger partial charge in [0.25, 0.3) is 0 Å². The van der Waals surface area contributed by atoms with Crippen LogP contribution < -0.4 is 9.56 Å². The second kappa shape index (κ2) is 12.8. The molecule has 0 spiro atoms. The van der Waals surface area contributed by atoms with Crippen LogP contribution in [-0.4, -0.2) is 14.7 Å². The van der Waals surface area contributed by atoms with Crippen molar-refractivity contribution in [1.82, 2.24) is 9.56 Å². The first kappa shape index (κ1) is 24.5. The van der Waals surface area contributed by atoms with Crippen molar-refractivity contribution in [2.45, 2.75) is 12.1 Å². The summed E-state index contributed by atoms with van der Waals surface area (Å²) in [6, 6.07) is 29.9. The first-order valence-electron chi connectivity index (χ1n) is 8.44. The van der Waals surface area contributed by atoms with Crippen molar-refractivity contribution in [1.29, 1.82) is 0 Å². The van der Waals surface area contributed by atoms with Gasteiger partial charge in [0.05, 0.1) is 18.3 Å². The minimum atomic E-state index is -3.38. The Morgan fingerprint density at radius 3 is 1.32 bits per heavy atom. The number of rotatable bonds is 6. The van der Waals surface area contributed by atoms with Crippen LogP contribution in [0.5, 0.6) is 0 Å². The van der Waals surface area contributed by atoms with Crippen molar-refractivity contribution in [3.05, 3.63) is 108 Å². The van der Waals surface area contributed by atoms with E-state index in [-0.39, 0.29) is 25.5 Å². The minimum absolute atomic E-state index is 0. The molecule has 7 heteroatoms. The zero-order chi connectivity index (χ0) is 19.5. The summed E-state index contributed by atoms with van der Waals surface area (Å²) in [6.45, 7) is 0. The van der Waals surface area contributed by atoms with Crippen LogP contribution in [-0.2, 0) is 29.5 Å². The van der Waals surface area contributed by atoms with Gasteiger partial charge in [-0.1, -0.05) is 97.1 Å². The van der Waals surface area contributed by atoms with Crippen molar-refractivity contribution in [2.24, 2.45) is 0 Å². The Morgan fingerprint density at radius 1 is 0.679 bits per heavy atom. The van der Waals surface area contributed by atoms with Crippen LogP contribution in [0.15, 0.2) is 97.1 Å². The van der Waals surface area contributed by atoms with Gasteiger partial charge < -0.3 is 0 Å². The largest absolute Gasteiger partial charge is 0.224 e. The fourth-order valence-electron chi connectivity index (χ4n) is 2.58. The molecule has 28 heavy (non-hydrogen) atoms. The Morgan fingerprint density at radius 2 is 1.00 bits per heavy atom. The first-order valence-corrected chi connectivity index (χ1v) is 10.7. The molecule has 2 N–H and O–H groups in total. The molecule has 150 valence electrons. The number of hydrogen-bond acceptors (Lipinski definition) is 3. The van der Waals surface area contributed by atoms with Crippen LogP contribution in [0.2, 0.25) is 0 Å². The normalized spacial score (nSPS) is 12.6. The van der Waals surface area contributed by atoms with Crippen LogP contribution in [0, 0.1) is 0 Å². The van der Waals surface area contributed by atoms with Gasteiger partial charge in [0, 0.05) is 19.5 Å². The SMILES string of the molecule is CS(=O)(=O)N[C@@H](c1ccccc1)[C@@H](NCl)c1ccccc1.[Ru].c1ccccc1. The predicted octanol–water partition coefficient (Wildman–Crippen LogP) is 4.45. The summed E-state index contributed by atoms with van der Waals surface area (Å²) >= 11 is 5.89. The van der Waals surface area contributed by atoms with Gasteiger partial charge in [0.15, 0.2) is 0 Å². The predicted molar refractivity (Wildman–Crippen MR) is 112 cm³/mol. The van der Waals surface area contributed by atoms with E-state index in [4.69, 9.17) is 11.8 Å². The molecule has 0 bridgehead atoms. The molecular weight excluding hydrogens is 481 g/mol. The Bertz CT molecular complexity index is 855. The Kier molecular flexibility index (Phi) is 11.2. The summed E-state index contributed by atoms with van der Waals surface area (Å²) in [5.74, 6) is 0. The van der Waals surface area contributed by atoms with Gasteiger partial charge >= 0.3 is 0 Å². The molecule has 0 fully saturated rings. The number of hydrogen-bond donors (Lipinski definition) is 2. The van der Waals surface area contributed by atoms with Gasteiger partial charge in [-0.3, -0.25) is 0 Å². The van der Waals surface area contributed by atoms with E-state index in [1.54, 1.807) is 0 Å². The molecule has 0 amide bonds. The second-order valence-corrected chi connectivity index (χ2v) is 7.93. The van der Waals surface area contributed by atoms with Crippen LogP contribution in [0.1, 0.15) is 23.2 Å². The maximum atomic E-state index is 11.7. The molecular formula is C21H23ClN2O2RuS. The molecule has 0 unspecified atom stereocenters. The summed E-state index contributed by atoms with van der Waals surface area (Å²) in [4.78, 5) is 2.68. The standard InChI is InChI=1S/C15H17ClN2O2S.C6H6.Ru/c1-21(19,20)18-15(13-10-6-3-7-11-13)14(17-16)12-8-4-2-5-9-12;1-2-4-6-5-3-1;/h2-11,14-15,17-18H,1H3;1-6H;/t14-,15-;;/m0../s1. The molecule has 0 saturated heterocycles. The fourth-order valence-corrected chi connectivity index (χ4v) is 3.57. The summed E-state index contributed by atoms with van der Waals surface area (Å²) in [6.07, 6.45) is 1.14. The minimum Gasteiger partial charge on any atom is -0.224 e. The molecule has 0 heterocycles. The quantitative estimate of drug-likeness (QED) is 0.386. The van der Waals surface area contributed by atoms with Crippen LogP contribution in [0.3, 0.4) is 0 Å². The summed E-state index contributed by atoms with van der Waals surface area (Å²) in [7, 11) is -3.38. The van der Waals surface area contributed by atoms with Gasteiger partial charge in [0.1, 0.15) is 0 Å². The monoisotopic (exact) mass is 504 g/mol. The van der Waals surface area contributed by atoms with E-state index in [0.717, 1.165) is 17.4 Å². The van der Waals surface area contributed by atoms with E-state index >= 15 is 0 Å². The van der Waals surface area contributed by atoms with Crippen LogP contribution >= 0.6 is 11.8 Å². The van der Waals surface area contributed by atoms with Crippen molar-refractivity contribution in [2.75, 3.05) is 6.26 Å². The molecule has 3 rings (SSSR count). The number of benzene rings is 3. The van der Waals surface area contributed by atoms with Gasteiger partial charge in [0.2, 0.25) is 10.0 Å². The van der Waals surface area contributed by atoms with Gasteiger partial charge in [-0.15, -0.1) is 0 Å². The fraction of sp³-hybridized carbons (Fsp3) is 0.143. The zero-order valence-electron chi connectivity index (χ0n) is 15.3. The molecule has 2 atom stereocenters.